The van der Waals surface area contributed by atoms with Crippen LogP contribution in [0.3, 0.4) is 0 Å². The number of nitrogens with one attached hydrogen (secondary N) is 1. The highest BCUT2D eigenvalue weighted by atomic mass is 16.6. The molecule has 0 bridgehead atoms. The third kappa shape index (κ3) is 4.71. The Balaban J connectivity index is 2.54. The van der Waals surface area contributed by atoms with Crippen molar-refractivity contribution in [2.24, 2.45) is 5.10 Å². The van der Waals surface area contributed by atoms with Gasteiger partial charge >= 0.3 is 0 Å². The molecule has 7 heteroatoms. The third-order valence-corrected chi connectivity index (χ3v) is 1.92. The van der Waals surface area contributed by atoms with E-state index in [2.05, 4.69) is 10.5 Å². The largest absolute Gasteiger partial charge is 0.372 e. The SMILES string of the molecule is CCOCC(=O)N/N=C/c1cccc([N+](=O)[O-])c1. The van der Waals surface area contributed by atoms with Crippen molar-refractivity contribution in [2.45, 2.75) is 6.92 Å². The molecule has 1 aromatic carbocycles. The second-order valence-electron chi connectivity index (χ2n) is 3.28. The minimum absolute atomic E-state index is 0.0282. The van der Waals surface area contributed by atoms with Crippen LogP contribution < -0.4 is 5.43 Å². The number of nitro benzene ring substituents is 1. The molecule has 7 nitrogen and oxygen atoms in total. The Hall–Kier alpha value is -2.28. The molecule has 0 aliphatic carbocycles. The molecule has 0 saturated heterocycles. The second-order valence-corrected chi connectivity index (χ2v) is 3.28. The van der Waals surface area contributed by atoms with E-state index in [1.54, 1.807) is 19.1 Å². The van der Waals surface area contributed by atoms with Gasteiger partial charge in [0.25, 0.3) is 11.6 Å². The maximum atomic E-state index is 11.1. The summed E-state index contributed by atoms with van der Waals surface area (Å²) in [6.07, 6.45) is 1.33. The number of carbonyl (C=O) groups excluding carboxylic acids is 1. The lowest BCUT2D eigenvalue weighted by atomic mass is 10.2. The molecule has 0 fully saturated rings. The zero-order valence-electron chi connectivity index (χ0n) is 9.83. The Morgan fingerprint density at radius 2 is 2.39 bits per heavy atom. The molecule has 1 N–H and O–H groups in total. The maximum Gasteiger partial charge on any atom is 0.270 e. The summed E-state index contributed by atoms with van der Waals surface area (Å²) >= 11 is 0. The van der Waals surface area contributed by atoms with E-state index in [0.29, 0.717) is 12.2 Å². The van der Waals surface area contributed by atoms with E-state index in [0.717, 1.165) is 0 Å². The number of benzene rings is 1. The van der Waals surface area contributed by atoms with Crippen LogP contribution in [-0.4, -0.2) is 30.3 Å². The summed E-state index contributed by atoms with van der Waals surface area (Å²) < 4.78 is 4.87. The highest BCUT2D eigenvalue weighted by Gasteiger charge is 2.04. The molecule has 18 heavy (non-hydrogen) atoms. The van der Waals surface area contributed by atoms with Gasteiger partial charge in [0, 0.05) is 24.3 Å². The standard InChI is InChI=1S/C11H13N3O4/c1-2-18-8-11(15)13-12-7-9-4-3-5-10(6-9)14(16)17/h3-7H,2,8H2,1H3,(H,13,15)/b12-7+. The molecule has 0 atom stereocenters. The van der Waals surface area contributed by atoms with Crippen molar-refractivity contribution in [1.82, 2.24) is 5.43 Å². The number of hydrogen-bond acceptors (Lipinski definition) is 5. The Bertz CT molecular complexity index is 459. The molecule has 1 amide bonds. The van der Waals surface area contributed by atoms with Gasteiger partial charge in [-0.25, -0.2) is 5.43 Å². The lowest BCUT2D eigenvalue weighted by molar-refractivity contribution is -0.384. The predicted octanol–water partition coefficient (Wildman–Crippen LogP) is 1.08. The van der Waals surface area contributed by atoms with E-state index in [9.17, 15) is 14.9 Å². The van der Waals surface area contributed by atoms with Crippen molar-refractivity contribution in [3.8, 4) is 0 Å². The second kappa shape index (κ2) is 7.13. The van der Waals surface area contributed by atoms with Crippen molar-refractivity contribution in [3.63, 3.8) is 0 Å². The monoisotopic (exact) mass is 251 g/mol. The zero-order chi connectivity index (χ0) is 13.4. The van der Waals surface area contributed by atoms with Crippen molar-refractivity contribution < 1.29 is 14.5 Å². The molecule has 0 aliphatic rings. The molecule has 0 aliphatic heterocycles. The summed E-state index contributed by atoms with van der Waals surface area (Å²) in [4.78, 5) is 21.1. The Kier molecular flexibility index (Phi) is 5.46. The number of amides is 1. The van der Waals surface area contributed by atoms with Gasteiger partial charge in [-0.15, -0.1) is 0 Å². The number of nitrogens with zero attached hydrogens (tertiary/aromatic N) is 2. The zero-order valence-corrected chi connectivity index (χ0v) is 9.83. The molecule has 0 unspecified atom stereocenters. The molecule has 0 heterocycles. The average molecular weight is 251 g/mol. The summed E-state index contributed by atoms with van der Waals surface area (Å²) in [5, 5.41) is 14.2. The van der Waals surface area contributed by atoms with Crippen LogP contribution in [0, 0.1) is 10.1 Å². The molecule has 0 spiro atoms. The molecule has 0 saturated carbocycles. The van der Waals surface area contributed by atoms with E-state index in [1.165, 1.54) is 18.3 Å². The molecule has 0 aromatic heterocycles. The summed E-state index contributed by atoms with van der Waals surface area (Å²) in [5.41, 5.74) is 2.75. The fraction of sp³-hybridized carbons (Fsp3) is 0.273. The van der Waals surface area contributed by atoms with Crippen LogP contribution >= 0.6 is 0 Å². The van der Waals surface area contributed by atoms with E-state index < -0.39 is 4.92 Å². The maximum absolute atomic E-state index is 11.1. The highest BCUT2D eigenvalue weighted by molar-refractivity contribution is 5.83. The van der Waals surface area contributed by atoms with Crippen LogP contribution in [-0.2, 0) is 9.53 Å². The number of rotatable bonds is 6. The van der Waals surface area contributed by atoms with Crippen molar-refractivity contribution in [2.75, 3.05) is 13.2 Å². The smallest absolute Gasteiger partial charge is 0.270 e. The predicted molar refractivity (Wildman–Crippen MR) is 65.3 cm³/mol. The number of non-ortho nitro benzene ring substituents is 1. The summed E-state index contributed by atoms with van der Waals surface area (Å²) in [6.45, 7) is 2.16. The van der Waals surface area contributed by atoms with Gasteiger partial charge in [0.15, 0.2) is 0 Å². The number of hydrogen-bond donors (Lipinski definition) is 1. The van der Waals surface area contributed by atoms with Gasteiger partial charge in [-0.05, 0) is 6.92 Å². The molecule has 96 valence electrons. The van der Waals surface area contributed by atoms with Gasteiger partial charge < -0.3 is 4.74 Å². The quantitative estimate of drug-likeness (QED) is 0.465. The fourth-order valence-electron chi connectivity index (χ4n) is 1.12. The first kappa shape index (κ1) is 13.8. The van der Waals surface area contributed by atoms with Crippen molar-refractivity contribution in [1.29, 1.82) is 0 Å². The summed E-state index contributed by atoms with van der Waals surface area (Å²) in [6, 6.07) is 5.93. The first-order valence-corrected chi connectivity index (χ1v) is 5.27. The van der Waals surface area contributed by atoms with Gasteiger partial charge in [-0.2, -0.15) is 5.10 Å². The fourth-order valence-corrected chi connectivity index (χ4v) is 1.12. The van der Waals surface area contributed by atoms with E-state index in [-0.39, 0.29) is 18.2 Å². The summed E-state index contributed by atoms with van der Waals surface area (Å²) in [7, 11) is 0. The minimum atomic E-state index is -0.495. The van der Waals surface area contributed by atoms with Gasteiger partial charge in [-0.1, -0.05) is 12.1 Å². The van der Waals surface area contributed by atoms with Crippen LogP contribution in [0.2, 0.25) is 0 Å². The normalized spacial score (nSPS) is 10.5. The van der Waals surface area contributed by atoms with E-state index in [1.807, 2.05) is 0 Å². The molecule has 1 rings (SSSR count). The number of hydrazone groups is 1. The molecular formula is C11H13N3O4. The van der Waals surface area contributed by atoms with Crippen LogP contribution in [0.4, 0.5) is 5.69 Å². The van der Waals surface area contributed by atoms with Gasteiger partial charge in [0.05, 0.1) is 11.1 Å². The lowest BCUT2D eigenvalue weighted by Crippen LogP contribution is -2.22. The molecular weight excluding hydrogens is 238 g/mol. The van der Waals surface area contributed by atoms with Gasteiger partial charge in [-0.3, -0.25) is 14.9 Å². The number of nitro groups is 1. The van der Waals surface area contributed by atoms with Crippen LogP contribution in [0.15, 0.2) is 29.4 Å². The Morgan fingerprint density at radius 1 is 1.61 bits per heavy atom. The van der Waals surface area contributed by atoms with E-state index in [4.69, 9.17) is 4.74 Å². The van der Waals surface area contributed by atoms with Crippen LogP contribution in [0.1, 0.15) is 12.5 Å². The molecule has 1 aromatic rings. The Morgan fingerprint density at radius 3 is 3.06 bits per heavy atom. The molecule has 0 radical (unpaired) electrons. The highest BCUT2D eigenvalue weighted by Crippen LogP contribution is 2.11. The summed E-state index contributed by atoms with van der Waals surface area (Å²) in [5.74, 6) is -0.376. The first-order chi connectivity index (χ1) is 8.63. The average Bonchev–Trinajstić information content (AvgIpc) is 2.36. The van der Waals surface area contributed by atoms with Crippen molar-refractivity contribution in [3.05, 3.63) is 39.9 Å². The van der Waals surface area contributed by atoms with Gasteiger partial charge in [0.1, 0.15) is 6.61 Å². The third-order valence-electron chi connectivity index (χ3n) is 1.92. The van der Waals surface area contributed by atoms with Crippen LogP contribution in [0.25, 0.3) is 0 Å². The van der Waals surface area contributed by atoms with E-state index >= 15 is 0 Å². The first-order valence-electron chi connectivity index (χ1n) is 5.27. The minimum Gasteiger partial charge on any atom is -0.372 e. The van der Waals surface area contributed by atoms with Crippen LogP contribution in [0.5, 0.6) is 0 Å². The number of carbonyl (C=O) groups is 1. The van der Waals surface area contributed by atoms with Crippen molar-refractivity contribution >= 4 is 17.8 Å². The van der Waals surface area contributed by atoms with Gasteiger partial charge in [0.2, 0.25) is 0 Å². The lowest BCUT2D eigenvalue weighted by Gasteiger charge is -1.99. The Labute approximate surface area is 104 Å². The topological polar surface area (TPSA) is 93.8 Å². The number of ether oxygens (including phenoxy) is 1.